The van der Waals surface area contributed by atoms with Crippen molar-refractivity contribution in [3.05, 3.63) is 58.4 Å². The van der Waals surface area contributed by atoms with Gasteiger partial charge in [0.2, 0.25) is 0 Å². The minimum Gasteiger partial charge on any atom is -0.450 e. The van der Waals surface area contributed by atoms with Crippen molar-refractivity contribution >= 4 is 11.9 Å². The Balaban J connectivity index is 1.82. The highest BCUT2D eigenvalue weighted by atomic mass is 16.6. The highest BCUT2D eigenvalue weighted by Gasteiger charge is 2.65. The van der Waals surface area contributed by atoms with E-state index in [0.29, 0.717) is 11.3 Å². The second-order valence-electron chi connectivity index (χ2n) is 7.99. The van der Waals surface area contributed by atoms with Gasteiger partial charge in [-0.2, -0.15) is 0 Å². The summed E-state index contributed by atoms with van der Waals surface area (Å²) in [5.74, 6) is 0.270. The number of allylic oxidation sites excluding steroid dienone is 2. The molecule has 0 N–H and O–H groups in total. The maximum Gasteiger partial charge on any atom is 0.340 e. The summed E-state index contributed by atoms with van der Waals surface area (Å²) in [7, 11) is 0. The van der Waals surface area contributed by atoms with Crippen LogP contribution < -0.4 is 0 Å². The van der Waals surface area contributed by atoms with E-state index >= 15 is 0 Å². The van der Waals surface area contributed by atoms with Crippen LogP contribution in [0.5, 0.6) is 0 Å². The number of hydrogen-bond acceptors (Lipinski definition) is 4. The van der Waals surface area contributed by atoms with E-state index in [1.54, 1.807) is 0 Å². The third-order valence-corrected chi connectivity index (χ3v) is 6.48. The Morgan fingerprint density at radius 1 is 1.11 bits per heavy atom. The lowest BCUT2D eigenvalue weighted by Gasteiger charge is -2.53. The van der Waals surface area contributed by atoms with Crippen LogP contribution in [-0.2, 0) is 19.9 Å². The van der Waals surface area contributed by atoms with E-state index < -0.39 is 5.60 Å². The Labute approximate surface area is 166 Å². The molecule has 4 heteroatoms. The summed E-state index contributed by atoms with van der Waals surface area (Å²) in [6, 6.07) is 7.65. The SMILES string of the molecule is CCC/C=C1\OC(=O)C([C@H]2C[C@@H](CCC)[C@@]23OC(=O)c2ccccc23)=C1CC. The van der Waals surface area contributed by atoms with E-state index in [9.17, 15) is 9.59 Å². The van der Waals surface area contributed by atoms with Crippen molar-refractivity contribution in [1.29, 1.82) is 0 Å². The van der Waals surface area contributed by atoms with Gasteiger partial charge in [-0.05, 0) is 37.8 Å². The fraction of sp³-hybridized carbons (Fsp3) is 0.500. The minimum absolute atomic E-state index is 0.133. The lowest BCUT2D eigenvalue weighted by atomic mass is 9.54. The lowest BCUT2D eigenvalue weighted by Crippen LogP contribution is -2.54. The van der Waals surface area contributed by atoms with Gasteiger partial charge in [0, 0.05) is 23.0 Å². The van der Waals surface area contributed by atoms with Gasteiger partial charge in [-0.25, -0.2) is 9.59 Å². The second kappa shape index (κ2) is 7.23. The topological polar surface area (TPSA) is 52.6 Å². The van der Waals surface area contributed by atoms with E-state index in [1.807, 2.05) is 30.3 Å². The molecular formula is C24H28O4. The highest BCUT2D eigenvalue weighted by molar-refractivity contribution is 5.98. The first-order valence-electron chi connectivity index (χ1n) is 10.6. The van der Waals surface area contributed by atoms with Crippen molar-refractivity contribution in [2.75, 3.05) is 0 Å². The molecule has 2 aliphatic heterocycles. The Hall–Kier alpha value is -2.36. The summed E-state index contributed by atoms with van der Waals surface area (Å²) < 4.78 is 11.8. The van der Waals surface area contributed by atoms with E-state index in [-0.39, 0.29) is 23.8 Å². The van der Waals surface area contributed by atoms with Crippen LogP contribution in [0.25, 0.3) is 0 Å². The van der Waals surface area contributed by atoms with Gasteiger partial charge >= 0.3 is 11.9 Å². The van der Waals surface area contributed by atoms with Crippen LogP contribution in [0.3, 0.4) is 0 Å². The predicted molar refractivity (Wildman–Crippen MR) is 106 cm³/mol. The zero-order valence-corrected chi connectivity index (χ0v) is 16.9. The summed E-state index contributed by atoms with van der Waals surface area (Å²) in [6.07, 6.45) is 7.48. The fourth-order valence-electron chi connectivity index (χ4n) is 5.23. The molecule has 28 heavy (non-hydrogen) atoms. The quantitative estimate of drug-likeness (QED) is 0.617. The van der Waals surface area contributed by atoms with Crippen LogP contribution in [0.1, 0.15) is 75.2 Å². The normalized spacial score (nSPS) is 29.9. The number of hydrogen-bond donors (Lipinski definition) is 0. The number of carbonyl (C=O) groups is 2. The zero-order valence-electron chi connectivity index (χ0n) is 16.9. The summed E-state index contributed by atoms with van der Waals surface area (Å²) in [6.45, 7) is 6.31. The molecule has 1 saturated carbocycles. The molecule has 1 fully saturated rings. The van der Waals surface area contributed by atoms with Gasteiger partial charge in [0.1, 0.15) is 11.4 Å². The Kier molecular flexibility index (Phi) is 4.90. The number of rotatable bonds is 6. The van der Waals surface area contributed by atoms with Crippen molar-refractivity contribution in [3.63, 3.8) is 0 Å². The molecular weight excluding hydrogens is 352 g/mol. The molecule has 0 unspecified atom stereocenters. The molecule has 3 atom stereocenters. The van der Waals surface area contributed by atoms with Gasteiger partial charge in [-0.15, -0.1) is 0 Å². The standard InChI is InChI=1S/C24H28O4/c1-4-7-13-20-16(6-3)21(23(26)27-20)19-14-15(10-5-2)24(19)18-12-9-8-11-17(18)22(25)28-24/h8-9,11-13,15,19H,4-7,10,14H2,1-3H3/b20-13-/t15-,19-,24+/m1/s1. The average Bonchev–Trinajstić information content (AvgIpc) is 3.19. The zero-order chi connectivity index (χ0) is 19.9. The molecule has 0 bridgehead atoms. The van der Waals surface area contributed by atoms with Crippen LogP contribution in [0.15, 0.2) is 47.2 Å². The van der Waals surface area contributed by atoms with Crippen molar-refractivity contribution < 1.29 is 19.1 Å². The number of ether oxygens (including phenoxy) is 2. The van der Waals surface area contributed by atoms with Crippen LogP contribution in [0, 0.1) is 11.8 Å². The molecule has 0 aromatic heterocycles. The maximum atomic E-state index is 12.9. The summed E-state index contributed by atoms with van der Waals surface area (Å²) in [5, 5.41) is 0. The smallest absolute Gasteiger partial charge is 0.340 e. The van der Waals surface area contributed by atoms with Gasteiger partial charge in [-0.3, -0.25) is 0 Å². The molecule has 1 spiro atoms. The first-order chi connectivity index (χ1) is 13.6. The molecule has 4 nitrogen and oxygen atoms in total. The Bertz CT molecular complexity index is 878. The fourth-order valence-corrected chi connectivity index (χ4v) is 5.23. The van der Waals surface area contributed by atoms with Gasteiger partial charge < -0.3 is 9.47 Å². The van der Waals surface area contributed by atoms with E-state index in [0.717, 1.165) is 55.2 Å². The van der Waals surface area contributed by atoms with Crippen molar-refractivity contribution in [1.82, 2.24) is 0 Å². The van der Waals surface area contributed by atoms with Crippen LogP contribution in [-0.4, -0.2) is 11.9 Å². The molecule has 1 aromatic rings. The summed E-state index contributed by atoms with van der Waals surface area (Å²) in [4.78, 5) is 25.5. The Morgan fingerprint density at radius 2 is 1.89 bits per heavy atom. The molecule has 4 rings (SSSR count). The number of benzene rings is 1. The molecule has 3 aliphatic rings. The molecule has 0 saturated heterocycles. The van der Waals surface area contributed by atoms with Crippen molar-refractivity contribution in [2.45, 2.75) is 64.9 Å². The van der Waals surface area contributed by atoms with Gasteiger partial charge in [-0.1, -0.05) is 51.8 Å². The minimum atomic E-state index is -0.724. The lowest BCUT2D eigenvalue weighted by molar-refractivity contribution is -0.154. The Morgan fingerprint density at radius 3 is 2.61 bits per heavy atom. The number of esters is 2. The third kappa shape index (κ3) is 2.57. The third-order valence-electron chi connectivity index (χ3n) is 6.48. The van der Waals surface area contributed by atoms with E-state index in [1.165, 1.54) is 0 Å². The summed E-state index contributed by atoms with van der Waals surface area (Å²) >= 11 is 0. The largest absolute Gasteiger partial charge is 0.450 e. The molecule has 1 aromatic carbocycles. The van der Waals surface area contributed by atoms with Crippen LogP contribution in [0.4, 0.5) is 0 Å². The number of fused-ring (bicyclic) bond motifs is 2. The summed E-state index contributed by atoms with van der Waals surface area (Å²) in [5.41, 5.74) is 2.56. The molecule has 0 radical (unpaired) electrons. The van der Waals surface area contributed by atoms with Gasteiger partial charge in [0.15, 0.2) is 0 Å². The average molecular weight is 380 g/mol. The highest BCUT2D eigenvalue weighted by Crippen LogP contribution is 2.63. The van der Waals surface area contributed by atoms with E-state index in [4.69, 9.17) is 9.47 Å². The van der Waals surface area contributed by atoms with Crippen molar-refractivity contribution in [2.24, 2.45) is 11.8 Å². The van der Waals surface area contributed by atoms with Gasteiger partial charge in [0.05, 0.1) is 11.1 Å². The number of unbranched alkanes of at least 4 members (excludes halogenated alkanes) is 1. The van der Waals surface area contributed by atoms with Crippen LogP contribution in [0.2, 0.25) is 0 Å². The maximum absolute atomic E-state index is 12.9. The first-order valence-corrected chi connectivity index (χ1v) is 10.6. The van der Waals surface area contributed by atoms with Gasteiger partial charge in [0.25, 0.3) is 0 Å². The van der Waals surface area contributed by atoms with E-state index in [2.05, 4.69) is 20.8 Å². The monoisotopic (exact) mass is 380 g/mol. The second-order valence-corrected chi connectivity index (χ2v) is 7.99. The van der Waals surface area contributed by atoms with Crippen LogP contribution >= 0.6 is 0 Å². The first kappa shape index (κ1) is 19.0. The molecule has 0 amide bonds. The number of cyclic esters (lactones) is 1. The molecule has 1 aliphatic carbocycles. The molecule has 148 valence electrons. The molecule has 2 heterocycles. The predicted octanol–water partition coefficient (Wildman–Crippen LogP) is 5.44. The number of carbonyl (C=O) groups excluding carboxylic acids is 2. The van der Waals surface area contributed by atoms with Crippen molar-refractivity contribution in [3.8, 4) is 0 Å².